The number of hydrogen-bond acceptors (Lipinski definition) is 2. The third-order valence-corrected chi connectivity index (χ3v) is 4.25. The van der Waals surface area contributed by atoms with Crippen molar-refractivity contribution in [1.29, 1.82) is 0 Å². The van der Waals surface area contributed by atoms with E-state index in [4.69, 9.17) is 10.5 Å². The van der Waals surface area contributed by atoms with Gasteiger partial charge < -0.3 is 20.8 Å². The molecule has 0 unspecified atom stereocenters. The van der Waals surface area contributed by atoms with E-state index in [9.17, 15) is 0 Å². The predicted octanol–water partition coefficient (Wildman–Crippen LogP) is 3.59. The molecule has 0 atom stereocenters. The van der Waals surface area contributed by atoms with Gasteiger partial charge in [-0.05, 0) is 30.5 Å². The van der Waals surface area contributed by atoms with Gasteiger partial charge >= 0.3 is 0 Å². The Bertz CT molecular complexity index is 882. The second-order valence-electron chi connectivity index (χ2n) is 6.04. The van der Waals surface area contributed by atoms with E-state index in [1.165, 1.54) is 22.0 Å². The van der Waals surface area contributed by atoms with Crippen LogP contribution in [-0.4, -0.2) is 24.6 Å². The van der Waals surface area contributed by atoms with E-state index >= 15 is 0 Å². The second-order valence-corrected chi connectivity index (χ2v) is 6.04. The Balaban J connectivity index is 1.65. The Morgan fingerprint density at radius 3 is 2.84 bits per heavy atom. The zero-order valence-corrected chi connectivity index (χ0v) is 14.7. The Hall–Kier alpha value is -2.79. The number of anilines is 1. The largest absolute Gasteiger partial charge is 0.380 e. The number of benzene rings is 2. The first-order valence-electron chi connectivity index (χ1n) is 8.38. The van der Waals surface area contributed by atoms with Gasteiger partial charge in [-0.1, -0.05) is 36.4 Å². The van der Waals surface area contributed by atoms with E-state index in [0.29, 0.717) is 19.1 Å². The lowest BCUT2D eigenvalue weighted by Crippen LogP contribution is -2.23. The summed E-state index contributed by atoms with van der Waals surface area (Å²) in [6.45, 7) is 3.28. The fourth-order valence-electron chi connectivity index (χ4n) is 2.97. The Morgan fingerprint density at radius 1 is 1.16 bits per heavy atom. The Morgan fingerprint density at radius 2 is 2.00 bits per heavy atom. The molecule has 0 radical (unpaired) electrons. The average Bonchev–Trinajstić information content (AvgIpc) is 3.02. The number of nitrogens with zero attached hydrogens (tertiary/aromatic N) is 1. The molecule has 3 rings (SSSR count). The third kappa shape index (κ3) is 4.00. The number of aliphatic imine (C=N–C) groups is 1. The average molecular weight is 336 g/mol. The smallest absolute Gasteiger partial charge is 0.193 e. The van der Waals surface area contributed by atoms with Crippen LogP contribution in [0.3, 0.4) is 0 Å². The number of aromatic amines is 1. The van der Waals surface area contributed by atoms with Crippen molar-refractivity contribution < 1.29 is 4.74 Å². The third-order valence-electron chi connectivity index (χ3n) is 4.25. The quantitative estimate of drug-likeness (QED) is 0.475. The first-order chi connectivity index (χ1) is 12.2. The summed E-state index contributed by atoms with van der Waals surface area (Å²) in [5.41, 5.74) is 11.7. The van der Waals surface area contributed by atoms with Gasteiger partial charge in [0.25, 0.3) is 0 Å². The molecule has 0 saturated heterocycles. The summed E-state index contributed by atoms with van der Waals surface area (Å²) in [5, 5.41) is 4.42. The molecule has 4 N–H and O–H groups in total. The first-order valence-corrected chi connectivity index (χ1v) is 8.38. The van der Waals surface area contributed by atoms with Crippen molar-refractivity contribution >= 4 is 22.5 Å². The van der Waals surface area contributed by atoms with Crippen LogP contribution >= 0.6 is 0 Å². The number of ether oxygens (including phenoxy) is 1. The molecule has 0 aliphatic carbocycles. The summed E-state index contributed by atoms with van der Waals surface area (Å²) in [5.74, 6) is 0.416. The normalized spacial score (nSPS) is 11.8. The highest BCUT2D eigenvalue weighted by molar-refractivity contribution is 5.93. The molecule has 1 aromatic heterocycles. The molecule has 130 valence electrons. The SMILES string of the molecule is COCc1ccccc1NC(N)=NCCc1c[nH]c2c(C)cccc12. The molecule has 0 amide bonds. The number of fused-ring (bicyclic) bond motifs is 1. The van der Waals surface area contributed by atoms with Gasteiger partial charge in [-0.25, -0.2) is 0 Å². The van der Waals surface area contributed by atoms with Crippen LogP contribution in [-0.2, 0) is 17.8 Å². The molecule has 0 bridgehead atoms. The lowest BCUT2D eigenvalue weighted by Gasteiger charge is -2.10. The molecule has 5 nitrogen and oxygen atoms in total. The molecule has 1 heterocycles. The number of para-hydroxylation sites is 2. The molecule has 2 aromatic carbocycles. The monoisotopic (exact) mass is 336 g/mol. The summed E-state index contributed by atoms with van der Waals surface area (Å²) in [6.07, 6.45) is 2.90. The molecule has 0 aliphatic heterocycles. The van der Waals surface area contributed by atoms with Gasteiger partial charge in [0, 0.05) is 42.0 Å². The molecule has 0 aliphatic rings. The van der Waals surface area contributed by atoms with Crippen molar-refractivity contribution in [2.24, 2.45) is 10.7 Å². The van der Waals surface area contributed by atoms with Gasteiger partial charge in [0.15, 0.2) is 5.96 Å². The molecule has 0 fully saturated rings. The maximum absolute atomic E-state index is 6.04. The van der Waals surface area contributed by atoms with Crippen molar-refractivity contribution in [3.8, 4) is 0 Å². The summed E-state index contributed by atoms with van der Waals surface area (Å²) >= 11 is 0. The topological polar surface area (TPSA) is 75.4 Å². The van der Waals surface area contributed by atoms with Gasteiger partial charge in [-0.2, -0.15) is 0 Å². The van der Waals surface area contributed by atoms with Crippen LogP contribution in [0.15, 0.2) is 53.7 Å². The molecular weight excluding hydrogens is 312 g/mol. The Kier molecular flexibility index (Phi) is 5.36. The highest BCUT2D eigenvalue weighted by Crippen LogP contribution is 2.21. The fraction of sp³-hybridized carbons (Fsp3) is 0.250. The molecule has 0 saturated carbocycles. The van der Waals surface area contributed by atoms with Gasteiger partial charge in [-0.3, -0.25) is 4.99 Å². The van der Waals surface area contributed by atoms with Crippen molar-refractivity contribution in [1.82, 2.24) is 4.98 Å². The van der Waals surface area contributed by atoms with E-state index in [2.05, 4.69) is 46.6 Å². The number of nitrogens with one attached hydrogen (secondary N) is 2. The van der Waals surface area contributed by atoms with Crippen LogP contribution in [0, 0.1) is 6.92 Å². The number of methoxy groups -OCH3 is 1. The van der Waals surface area contributed by atoms with Crippen molar-refractivity contribution in [3.05, 3.63) is 65.4 Å². The highest BCUT2D eigenvalue weighted by atomic mass is 16.5. The zero-order valence-electron chi connectivity index (χ0n) is 14.7. The second kappa shape index (κ2) is 7.85. The van der Waals surface area contributed by atoms with Crippen LogP contribution in [0.2, 0.25) is 0 Å². The summed E-state index contributed by atoms with van der Waals surface area (Å²) < 4.78 is 5.21. The van der Waals surface area contributed by atoms with Crippen molar-refractivity contribution in [2.45, 2.75) is 20.0 Å². The van der Waals surface area contributed by atoms with Crippen LogP contribution < -0.4 is 11.1 Å². The van der Waals surface area contributed by atoms with Gasteiger partial charge in [0.1, 0.15) is 0 Å². The van der Waals surface area contributed by atoms with Crippen LogP contribution in [0.5, 0.6) is 0 Å². The molecular formula is C20H24N4O. The van der Waals surface area contributed by atoms with Gasteiger partial charge in [0.05, 0.1) is 6.61 Å². The summed E-state index contributed by atoms with van der Waals surface area (Å²) in [7, 11) is 1.68. The van der Waals surface area contributed by atoms with Crippen LogP contribution in [0.25, 0.3) is 10.9 Å². The first kappa shape index (κ1) is 17.0. The number of nitrogens with two attached hydrogens (primary N) is 1. The van der Waals surface area contributed by atoms with E-state index in [-0.39, 0.29) is 0 Å². The Labute approximate surface area is 147 Å². The van der Waals surface area contributed by atoms with E-state index in [1.807, 2.05) is 24.3 Å². The molecule has 25 heavy (non-hydrogen) atoms. The van der Waals surface area contributed by atoms with Crippen molar-refractivity contribution in [2.75, 3.05) is 19.0 Å². The zero-order chi connectivity index (χ0) is 17.6. The molecule has 5 heteroatoms. The lowest BCUT2D eigenvalue weighted by atomic mass is 10.1. The highest BCUT2D eigenvalue weighted by Gasteiger charge is 2.05. The predicted molar refractivity (Wildman–Crippen MR) is 104 cm³/mol. The maximum Gasteiger partial charge on any atom is 0.193 e. The minimum absolute atomic E-state index is 0.416. The van der Waals surface area contributed by atoms with Crippen molar-refractivity contribution in [3.63, 3.8) is 0 Å². The van der Waals surface area contributed by atoms with E-state index in [1.54, 1.807) is 7.11 Å². The number of rotatable bonds is 6. The minimum atomic E-state index is 0.416. The van der Waals surface area contributed by atoms with Crippen LogP contribution in [0.4, 0.5) is 5.69 Å². The number of aryl methyl sites for hydroxylation is 1. The molecule has 3 aromatic rings. The number of H-pyrrole nitrogens is 1. The van der Waals surface area contributed by atoms with E-state index in [0.717, 1.165) is 17.7 Å². The lowest BCUT2D eigenvalue weighted by molar-refractivity contribution is 0.185. The van der Waals surface area contributed by atoms with E-state index < -0.39 is 0 Å². The summed E-state index contributed by atoms with van der Waals surface area (Å²) in [4.78, 5) is 7.80. The van der Waals surface area contributed by atoms with Gasteiger partial charge in [0.2, 0.25) is 0 Å². The number of aromatic nitrogens is 1. The minimum Gasteiger partial charge on any atom is -0.380 e. The standard InChI is InChI=1S/C20H24N4O/c1-14-6-5-8-17-15(12-23-19(14)17)10-11-22-20(21)24-18-9-4-3-7-16(18)13-25-2/h3-9,12,23H,10-11,13H2,1-2H3,(H3,21,22,24). The maximum atomic E-state index is 6.04. The number of guanidine groups is 1. The summed E-state index contributed by atoms with van der Waals surface area (Å²) in [6, 6.07) is 14.3. The van der Waals surface area contributed by atoms with Gasteiger partial charge in [-0.15, -0.1) is 0 Å². The molecule has 0 spiro atoms. The van der Waals surface area contributed by atoms with Crippen LogP contribution in [0.1, 0.15) is 16.7 Å². The number of hydrogen-bond donors (Lipinski definition) is 3. The fourth-order valence-corrected chi connectivity index (χ4v) is 2.97.